The molecule has 0 aromatic heterocycles. The van der Waals surface area contributed by atoms with Crippen LogP contribution in [0, 0.1) is 6.92 Å². The van der Waals surface area contributed by atoms with Crippen molar-refractivity contribution in [2.45, 2.75) is 6.92 Å². The fraction of sp³-hybridized carbons (Fsp3) is 0.538. The molecule has 1 rings (SSSR count). The van der Waals surface area contributed by atoms with Crippen molar-refractivity contribution in [3.05, 3.63) is 35.9 Å². The van der Waals surface area contributed by atoms with Crippen LogP contribution in [0.15, 0.2) is 30.3 Å². The smallest absolute Gasteiger partial charge is 1.00 e. The van der Waals surface area contributed by atoms with Gasteiger partial charge >= 0.3 is 48.3 Å². The second-order valence-electron chi connectivity index (χ2n) is 3.57. The Morgan fingerprint density at radius 2 is 1.42 bits per heavy atom. The van der Waals surface area contributed by atoms with Crippen LogP contribution < -0.4 is 29.6 Å². The molecule has 0 aliphatic rings. The third-order valence-corrected chi connectivity index (χ3v) is 2.88. The first-order valence-corrected chi connectivity index (χ1v) is 7.11. The summed E-state index contributed by atoms with van der Waals surface area (Å²) in [6.07, 6.45) is 0. The van der Waals surface area contributed by atoms with Crippen molar-refractivity contribution in [3.63, 3.8) is 0 Å². The van der Waals surface area contributed by atoms with E-state index in [4.69, 9.17) is 17.1 Å². The molecule has 0 aliphatic heterocycles. The zero-order valence-corrected chi connectivity index (χ0v) is 16.0. The Balaban J connectivity index is -0.0000000780. The molecular weight excluding hydrogens is 270 g/mol. The van der Waals surface area contributed by atoms with Crippen molar-refractivity contribution in [2.24, 2.45) is 0 Å². The van der Waals surface area contributed by atoms with Crippen LogP contribution in [0.1, 0.15) is 9.84 Å². The third kappa shape index (κ3) is 18.6. The van der Waals surface area contributed by atoms with Gasteiger partial charge in [-0.05, 0) is 6.92 Å². The molecule has 0 radical (unpaired) electrons. The van der Waals surface area contributed by atoms with Crippen LogP contribution in [-0.2, 0) is 17.1 Å². The molecule has 0 atom stereocenters. The van der Waals surface area contributed by atoms with Gasteiger partial charge in [0.2, 0.25) is 0 Å². The molecule has 19 heavy (non-hydrogen) atoms. The van der Waals surface area contributed by atoms with Gasteiger partial charge in [-0.3, -0.25) is 0 Å². The van der Waals surface area contributed by atoms with E-state index >= 15 is 0 Å². The van der Waals surface area contributed by atoms with Gasteiger partial charge in [-0.2, -0.15) is 0 Å². The van der Waals surface area contributed by atoms with E-state index in [2.05, 4.69) is 19.1 Å². The quantitative estimate of drug-likeness (QED) is 0.451. The van der Waals surface area contributed by atoms with Gasteiger partial charge in [0.25, 0.3) is 0 Å². The molecule has 0 fully saturated rings. The molecule has 6 heteroatoms. The number of hydrogen-bond acceptors (Lipinski definition) is 4. The summed E-state index contributed by atoms with van der Waals surface area (Å²) in [6, 6.07) is 10.3. The Bertz CT molecular complexity index is 267. The van der Waals surface area contributed by atoms with E-state index in [1.54, 1.807) is 14.2 Å². The largest absolute Gasteiger partial charge is 1.00 e. The van der Waals surface area contributed by atoms with Gasteiger partial charge in [0.1, 0.15) is 0 Å². The summed E-state index contributed by atoms with van der Waals surface area (Å²) in [5, 5.41) is 0. The number of aryl methyl sites for hydroxylation is 1. The summed E-state index contributed by atoms with van der Waals surface area (Å²) in [5.41, 5.74) is 1.32. The first-order valence-electron chi connectivity index (χ1n) is 5.96. The van der Waals surface area contributed by atoms with Crippen molar-refractivity contribution < 1.29 is 50.9 Å². The fourth-order valence-electron chi connectivity index (χ4n) is 0.996. The Morgan fingerprint density at radius 3 is 1.74 bits per heavy atom. The third-order valence-electron chi connectivity index (χ3n) is 1.97. The molecule has 1 aromatic carbocycles. The maximum atomic E-state index is 5.16. The average molecular weight is 296 g/mol. The number of hydrogen-bond donors (Lipinski definition) is 0. The summed E-state index contributed by atoms with van der Waals surface area (Å²) in [5.74, 6) is 0. The van der Waals surface area contributed by atoms with Crippen molar-refractivity contribution in [1.82, 2.24) is 0 Å². The fourth-order valence-corrected chi connectivity index (χ4v) is 1.58. The molecule has 0 amide bonds. The normalized spacial score (nSPS) is 9.00. The molecule has 0 heterocycles. The van der Waals surface area contributed by atoms with Gasteiger partial charge in [0.05, 0.1) is 13.2 Å². The molecule has 0 aliphatic carbocycles. The maximum Gasteiger partial charge on any atom is 1.00 e. The first kappa shape index (κ1) is 21.9. The van der Waals surface area contributed by atoms with Crippen molar-refractivity contribution >= 4 is 15.9 Å². The van der Waals surface area contributed by atoms with Gasteiger partial charge in [0.15, 0.2) is 0 Å². The summed E-state index contributed by atoms with van der Waals surface area (Å²) in [4.78, 5) is 0. The molecule has 0 spiro atoms. The van der Waals surface area contributed by atoms with Gasteiger partial charge in [0, 0.05) is 27.4 Å². The molecule has 0 saturated carbocycles. The number of methoxy groups -OCH3 is 2. The second-order valence-corrected chi connectivity index (χ2v) is 4.63. The number of benzene rings is 1. The molecular formula is C13H26AlNaO4+2. The molecule has 104 valence electrons. The monoisotopic (exact) mass is 296 g/mol. The predicted molar refractivity (Wildman–Crippen MR) is 77.3 cm³/mol. The number of rotatable bonds is 8. The van der Waals surface area contributed by atoms with Crippen LogP contribution in [0.4, 0.5) is 0 Å². The SMILES string of the molecule is COCC[O][AlH][O]CCOC.Cc1ccccc1.[H+].[H+].[H-].[Na+]. The van der Waals surface area contributed by atoms with E-state index in [-0.39, 0.29) is 33.8 Å². The Morgan fingerprint density at radius 1 is 0.947 bits per heavy atom. The van der Waals surface area contributed by atoms with Gasteiger partial charge in [-0.15, -0.1) is 0 Å². The second kappa shape index (κ2) is 18.6. The van der Waals surface area contributed by atoms with Crippen LogP contribution in [0.3, 0.4) is 0 Å². The van der Waals surface area contributed by atoms with Crippen LogP contribution in [-0.4, -0.2) is 56.5 Å². The average Bonchev–Trinajstić information content (AvgIpc) is 2.39. The zero-order chi connectivity index (χ0) is 13.5. The van der Waals surface area contributed by atoms with Gasteiger partial charge < -0.3 is 18.5 Å². The topological polar surface area (TPSA) is 36.9 Å². The molecule has 0 bridgehead atoms. The minimum Gasteiger partial charge on any atom is -1.00 e. The standard InChI is InChI=1S/C7H8.2C3H7O2.Al.Na.2H/c1-7-5-3-2-4-6-7;2*1-5-3-2-4;;;;/h2-6H,1H3;2*2-3H2,1H3;;;;/q;2*-1;+2;+1;;-1/p+2. The van der Waals surface area contributed by atoms with E-state index in [0.717, 1.165) is 0 Å². The van der Waals surface area contributed by atoms with Crippen LogP contribution >= 0.6 is 0 Å². The minimum absolute atomic E-state index is 0. The summed E-state index contributed by atoms with van der Waals surface area (Å²) in [6.45, 7) is 4.63. The predicted octanol–water partition coefficient (Wildman–Crippen LogP) is -1.08. The molecule has 0 saturated heterocycles. The molecule has 1 aromatic rings. The van der Waals surface area contributed by atoms with Crippen LogP contribution in [0.2, 0.25) is 0 Å². The van der Waals surface area contributed by atoms with E-state index in [0.29, 0.717) is 26.4 Å². The van der Waals surface area contributed by atoms with Crippen LogP contribution in [0.25, 0.3) is 0 Å². The van der Waals surface area contributed by atoms with Crippen LogP contribution in [0.5, 0.6) is 0 Å². The van der Waals surface area contributed by atoms with Crippen molar-refractivity contribution in [3.8, 4) is 0 Å². The summed E-state index contributed by atoms with van der Waals surface area (Å²) >= 11 is -0.789. The number of ether oxygens (including phenoxy) is 2. The van der Waals surface area contributed by atoms with Gasteiger partial charge in [-0.25, -0.2) is 0 Å². The first-order chi connectivity index (χ1) is 8.81. The van der Waals surface area contributed by atoms with Crippen molar-refractivity contribution in [2.75, 3.05) is 40.6 Å². The van der Waals surface area contributed by atoms with Gasteiger partial charge in [-0.1, -0.05) is 35.9 Å². The molecule has 0 unspecified atom stereocenters. The Labute approximate surface area is 149 Å². The van der Waals surface area contributed by atoms with E-state index < -0.39 is 15.9 Å². The van der Waals surface area contributed by atoms with E-state index in [1.165, 1.54) is 5.56 Å². The van der Waals surface area contributed by atoms with E-state index in [9.17, 15) is 0 Å². The Kier molecular flexibility index (Phi) is 21.4. The zero-order valence-electron chi connectivity index (χ0n) is 15.6. The molecule has 4 nitrogen and oxygen atoms in total. The minimum atomic E-state index is -0.789. The Hall–Kier alpha value is 0.592. The summed E-state index contributed by atoms with van der Waals surface area (Å²) < 4.78 is 19.9. The maximum absolute atomic E-state index is 5.16. The summed E-state index contributed by atoms with van der Waals surface area (Å²) in [7, 11) is 3.30. The van der Waals surface area contributed by atoms with E-state index in [1.807, 2.05) is 18.2 Å². The van der Waals surface area contributed by atoms with Crippen molar-refractivity contribution in [1.29, 1.82) is 0 Å². The molecule has 0 N–H and O–H groups in total.